The van der Waals surface area contributed by atoms with E-state index in [0.29, 0.717) is 11.0 Å². The van der Waals surface area contributed by atoms with Gasteiger partial charge in [0.05, 0.1) is 0 Å². The Hall–Kier alpha value is -0.300. The van der Waals surface area contributed by atoms with E-state index in [2.05, 4.69) is 32.3 Å². The van der Waals surface area contributed by atoms with Crippen molar-refractivity contribution >= 4 is 0 Å². The molecular weight excluding hydrogens is 170 g/mol. The van der Waals surface area contributed by atoms with E-state index in [1.165, 1.54) is 44.3 Å². The van der Waals surface area contributed by atoms with Crippen molar-refractivity contribution < 1.29 is 0 Å². The van der Waals surface area contributed by atoms with Crippen LogP contribution < -0.4 is 0 Å². The Bertz CT molecular complexity index is 248. The predicted molar refractivity (Wildman–Crippen MR) is 61.4 cm³/mol. The summed E-state index contributed by atoms with van der Waals surface area (Å²) in [6.07, 6.45) is 5.25. The number of fused-ring (bicyclic) bond motifs is 1. The Morgan fingerprint density at radius 1 is 1.21 bits per heavy atom. The molecule has 0 aromatic heterocycles. The Kier molecular flexibility index (Phi) is 2.26. The molecule has 0 aromatic rings. The van der Waals surface area contributed by atoms with Gasteiger partial charge in [0.15, 0.2) is 0 Å². The largest absolute Gasteiger partial charge is 0.293 e. The van der Waals surface area contributed by atoms with Gasteiger partial charge in [0.25, 0.3) is 0 Å². The van der Waals surface area contributed by atoms with Crippen LogP contribution in [0.4, 0.5) is 0 Å². The summed E-state index contributed by atoms with van der Waals surface area (Å²) >= 11 is 0. The minimum Gasteiger partial charge on any atom is -0.293 e. The molecule has 0 bridgehead atoms. The fourth-order valence-corrected chi connectivity index (χ4v) is 3.65. The standard InChI is InChI=1S/C13H23N/c1-11-7-5-9-14-10-6-8-13(11,14)12(2,3)4/h1,5-10H2,2-4H3. The van der Waals surface area contributed by atoms with Crippen LogP contribution in [0.2, 0.25) is 0 Å². The molecule has 0 saturated carbocycles. The molecule has 14 heavy (non-hydrogen) atoms. The number of rotatable bonds is 0. The molecule has 1 nitrogen and oxygen atoms in total. The minimum absolute atomic E-state index is 0.325. The molecule has 0 aromatic carbocycles. The number of piperidine rings is 1. The first-order chi connectivity index (χ1) is 6.48. The molecule has 1 unspecified atom stereocenters. The second-order valence-electron chi connectivity index (χ2n) is 5.91. The third kappa shape index (κ3) is 1.18. The Morgan fingerprint density at radius 3 is 2.43 bits per heavy atom. The second-order valence-corrected chi connectivity index (χ2v) is 5.91. The van der Waals surface area contributed by atoms with Crippen molar-refractivity contribution in [1.29, 1.82) is 0 Å². The van der Waals surface area contributed by atoms with Crippen molar-refractivity contribution in [2.24, 2.45) is 5.41 Å². The van der Waals surface area contributed by atoms with Gasteiger partial charge in [-0.05, 0) is 44.2 Å². The van der Waals surface area contributed by atoms with Crippen LogP contribution in [0.25, 0.3) is 0 Å². The van der Waals surface area contributed by atoms with Crippen molar-refractivity contribution in [3.63, 3.8) is 0 Å². The van der Waals surface area contributed by atoms with Gasteiger partial charge in [-0.3, -0.25) is 4.90 Å². The zero-order valence-electron chi connectivity index (χ0n) is 9.90. The third-order valence-electron chi connectivity index (χ3n) is 4.24. The van der Waals surface area contributed by atoms with Crippen LogP contribution >= 0.6 is 0 Å². The first kappa shape index (κ1) is 10.2. The summed E-state index contributed by atoms with van der Waals surface area (Å²) in [7, 11) is 0. The van der Waals surface area contributed by atoms with Crippen molar-refractivity contribution in [2.75, 3.05) is 13.1 Å². The van der Waals surface area contributed by atoms with Gasteiger partial charge in [-0.1, -0.05) is 32.9 Å². The highest BCUT2D eigenvalue weighted by Gasteiger charge is 2.52. The summed E-state index contributed by atoms with van der Waals surface area (Å²) in [6, 6.07) is 0. The van der Waals surface area contributed by atoms with Gasteiger partial charge < -0.3 is 0 Å². The third-order valence-corrected chi connectivity index (χ3v) is 4.24. The average molecular weight is 193 g/mol. The average Bonchev–Trinajstić information content (AvgIpc) is 2.48. The van der Waals surface area contributed by atoms with E-state index in [4.69, 9.17) is 0 Å². The number of nitrogens with zero attached hydrogens (tertiary/aromatic N) is 1. The first-order valence-electron chi connectivity index (χ1n) is 5.92. The molecule has 1 heteroatoms. The van der Waals surface area contributed by atoms with E-state index >= 15 is 0 Å². The molecule has 0 aliphatic carbocycles. The molecule has 2 fully saturated rings. The second kappa shape index (κ2) is 3.10. The van der Waals surface area contributed by atoms with Crippen LogP contribution in [0, 0.1) is 5.41 Å². The fraction of sp³-hybridized carbons (Fsp3) is 0.846. The maximum absolute atomic E-state index is 4.35. The lowest BCUT2D eigenvalue weighted by atomic mass is 9.65. The lowest BCUT2D eigenvalue weighted by molar-refractivity contribution is 0.0396. The van der Waals surface area contributed by atoms with E-state index in [0.717, 1.165) is 0 Å². The van der Waals surface area contributed by atoms with Crippen LogP contribution in [0.1, 0.15) is 46.5 Å². The summed E-state index contributed by atoms with van der Waals surface area (Å²) in [5.41, 5.74) is 2.17. The molecule has 0 N–H and O–H groups in total. The molecule has 0 spiro atoms. The zero-order valence-corrected chi connectivity index (χ0v) is 9.90. The molecule has 80 valence electrons. The molecule has 2 aliphatic rings. The summed E-state index contributed by atoms with van der Waals surface area (Å²) in [5.74, 6) is 0. The molecule has 2 heterocycles. The van der Waals surface area contributed by atoms with Gasteiger partial charge in [0, 0.05) is 5.54 Å². The van der Waals surface area contributed by atoms with E-state index in [1.807, 2.05) is 0 Å². The number of hydrogen-bond donors (Lipinski definition) is 0. The summed E-state index contributed by atoms with van der Waals surface area (Å²) in [6.45, 7) is 14.1. The molecule has 0 radical (unpaired) electrons. The van der Waals surface area contributed by atoms with Gasteiger partial charge in [0.2, 0.25) is 0 Å². The Labute approximate surface area is 88.2 Å². The van der Waals surface area contributed by atoms with Gasteiger partial charge >= 0.3 is 0 Å². The fourth-order valence-electron chi connectivity index (χ4n) is 3.65. The van der Waals surface area contributed by atoms with Crippen LogP contribution in [-0.4, -0.2) is 23.5 Å². The van der Waals surface area contributed by atoms with Gasteiger partial charge in [-0.2, -0.15) is 0 Å². The number of hydrogen-bond acceptors (Lipinski definition) is 1. The summed E-state index contributed by atoms with van der Waals surface area (Å²) in [5, 5.41) is 0. The van der Waals surface area contributed by atoms with E-state index in [-0.39, 0.29) is 0 Å². The van der Waals surface area contributed by atoms with Crippen molar-refractivity contribution in [3.05, 3.63) is 12.2 Å². The van der Waals surface area contributed by atoms with Gasteiger partial charge in [-0.25, -0.2) is 0 Å². The van der Waals surface area contributed by atoms with Crippen LogP contribution in [0.3, 0.4) is 0 Å². The van der Waals surface area contributed by atoms with Crippen LogP contribution in [0.15, 0.2) is 12.2 Å². The normalized spacial score (nSPS) is 34.6. The molecule has 2 aliphatic heterocycles. The lowest BCUT2D eigenvalue weighted by Gasteiger charge is -2.52. The highest BCUT2D eigenvalue weighted by Crippen LogP contribution is 2.51. The van der Waals surface area contributed by atoms with Crippen molar-refractivity contribution in [3.8, 4) is 0 Å². The minimum atomic E-state index is 0.325. The molecule has 2 rings (SSSR count). The zero-order chi connectivity index (χ0) is 10.4. The maximum atomic E-state index is 4.35. The highest BCUT2D eigenvalue weighted by atomic mass is 15.2. The summed E-state index contributed by atoms with van der Waals surface area (Å²) < 4.78 is 0. The molecular formula is C13H23N. The van der Waals surface area contributed by atoms with Gasteiger partial charge in [0.1, 0.15) is 0 Å². The SMILES string of the molecule is C=C1CCCN2CCCC12C(C)(C)C. The molecule has 2 saturated heterocycles. The van der Waals surface area contributed by atoms with E-state index < -0.39 is 0 Å². The monoisotopic (exact) mass is 193 g/mol. The smallest absolute Gasteiger partial charge is 0.0466 e. The van der Waals surface area contributed by atoms with Crippen molar-refractivity contribution in [2.45, 2.75) is 52.0 Å². The quantitative estimate of drug-likeness (QED) is 0.534. The van der Waals surface area contributed by atoms with Crippen LogP contribution in [0.5, 0.6) is 0 Å². The Balaban J connectivity index is 2.39. The predicted octanol–water partition coefficient (Wildman–Crippen LogP) is 3.22. The summed E-state index contributed by atoms with van der Waals surface area (Å²) in [4.78, 5) is 2.69. The maximum Gasteiger partial charge on any atom is 0.0466 e. The van der Waals surface area contributed by atoms with Gasteiger partial charge in [-0.15, -0.1) is 0 Å². The Morgan fingerprint density at radius 2 is 1.86 bits per heavy atom. The van der Waals surface area contributed by atoms with E-state index in [9.17, 15) is 0 Å². The van der Waals surface area contributed by atoms with E-state index in [1.54, 1.807) is 0 Å². The highest BCUT2D eigenvalue weighted by molar-refractivity contribution is 5.26. The topological polar surface area (TPSA) is 3.24 Å². The van der Waals surface area contributed by atoms with Crippen molar-refractivity contribution in [1.82, 2.24) is 4.90 Å². The molecule has 0 amide bonds. The van der Waals surface area contributed by atoms with Crippen LogP contribution in [-0.2, 0) is 0 Å². The lowest BCUT2D eigenvalue weighted by Crippen LogP contribution is -2.56. The first-order valence-corrected chi connectivity index (χ1v) is 5.92. The molecule has 1 atom stereocenters.